The zero-order chi connectivity index (χ0) is 14.9. The molecule has 3 rings (SSSR count). The molecule has 0 aliphatic heterocycles. The van der Waals surface area contributed by atoms with Crippen LogP contribution in [0, 0.1) is 0 Å². The van der Waals surface area contributed by atoms with Gasteiger partial charge in [-0.1, -0.05) is 5.21 Å². The van der Waals surface area contributed by atoms with Gasteiger partial charge in [0.2, 0.25) is 0 Å². The van der Waals surface area contributed by atoms with Crippen molar-refractivity contribution in [1.29, 1.82) is 0 Å². The first-order valence-corrected chi connectivity index (χ1v) is 8.06. The summed E-state index contributed by atoms with van der Waals surface area (Å²) in [6, 6.07) is -0.108. The molecule has 2 heterocycles. The fraction of sp³-hybridized carbons (Fsp3) is 0.600. The Kier molecular flexibility index (Phi) is 3.69. The minimum Gasteiger partial charge on any atom is -0.310 e. The summed E-state index contributed by atoms with van der Waals surface area (Å²) in [5.74, 6) is 0.274. The molecule has 11 heteroatoms. The second-order valence-corrected chi connectivity index (χ2v) is 6.64. The molecule has 1 saturated carbocycles. The first-order valence-electron chi connectivity index (χ1n) is 6.57. The molecule has 114 valence electrons. The highest BCUT2D eigenvalue weighted by molar-refractivity contribution is 7.89. The first kappa shape index (κ1) is 14.1. The molecule has 1 unspecified atom stereocenters. The number of nitrogens with zero attached hydrogens (tertiary/aromatic N) is 4. The lowest BCUT2D eigenvalue weighted by Gasteiger charge is -2.11. The van der Waals surface area contributed by atoms with Crippen molar-refractivity contribution in [1.82, 2.24) is 40.9 Å². The van der Waals surface area contributed by atoms with Gasteiger partial charge in [-0.05, 0) is 19.8 Å². The molecule has 1 fully saturated rings. The van der Waals surface area contributed by atoms with Crippen LogP contribution >= 0.6 is 0 Å². The molecule has 0 radical (unpaired) electrons. The molecule has 4 N–H and O–H groups in total. The SMILES string of the molecule is CC(NS(=O)(=O)c1[nH]ncc1CNC1CC1)c1nn[nH]n1. The molecule has 1 aliphatic rings. The third-order valence-corrected chi connectivity index (χ3v) is 4.74. The fourth-order valence-electron chi connectivity index (χ4n) is 1.90. The van der Waals surface area contributed by atoms with Gasteiger partial charge >= 0.3 is 0 Å². The Labute approximate surface area is 121 Å². The van der Waals surface area contributed by atoms with Crippen LogP contribution in [0.15, 0.2) is 11.2 Å². The average molecular weight is 312 g/mol. The summed E-state index contributed by atoms with van der Waals surface area (Å²) in [6.07, 6.45) is 3.78. The van der Waals surface area contributed by atoms with E-state index >= 15 is 0 Å². The van der Waals surface area contributed by atoms with E-state index in [9.17, 15) is 8.42 Å². The lowest BCUT2D eigenvalue weighted by atomic mass is 10.3. The lowest BCUT2D eigenvalue weighted by molar-refractivity contribution is 0.553. The zero-order valence-corrected chi connectivity index (χ0v) is 12.2. The average Bonchev–Trinajstić information content (AvgIpc) is 2.95. The summed E-state index contributed by atoms with van der Waals surface area (Å²) in [5, 5.41) is 22.9. The van der Waals surface area contributed by atoms with E-state index in [1.54, 1.807) is 6.92 Å². The van der Waals surface area contributed by atoms with Crippen LogP contribution in [0.25, 0.3) is 0 Å². The van der Waals surface area contributed by atoms with Crippen LogP contribution in [-0.4, -0.2) is 45.3 Å². The Bertz CT molecular complexity index is 690. The number of hydrogen-bond acceptors (Lipinski definition) is 7. The number of sulfonamides is 1. The molecule has 1 atom stereocenters. The lowest BCUT2D eigenvalue weighted by Crippen LogP contribution is -2.29. The number of hydrogen-bond donors (Lipinski definition) is 4. The second kappa shape index (κ2) is 5.50. The quantitative estimate of drug-likeness (QED) is 0.525. The Balaban J connectivity index is 1.73. The van der Waals surface area contributed by atoms with Crippen LogP contribution in [0.4, 0.5) is 0 Å². The van der Waals surface area contributed by atoms with Gasteiger partial charge in [0.15, 0.2) is 10.9 Å². The maximum atomic E-state index is 12.4. The summed E-state index contributed by atoms with van der Waals surface area (Å²) < 4.78 is 27.3. The summed E-state index contributed by atoms with van der Waals surface area (Å²) in [7, 11) is -3.73. The Morgan fingerprint density at radius 2 is 2.29 bits per heavy atom. The van der Waals surface area contributed by atoms with Crippen LogP contribution in [-0.2, 0) is 16.6 Å². The molecular formula is C10H16N8O2S. The van der Waals surface area contributed by atoms with Crippen molar-refractivity contribution in [3.8, 4) is 0 Å². The van der Waals surface area contributed by atoms with Gasteiger partial charge in [0, 0.05) is 18.2 Å². The maximum Gasteiger partial charge on any atom is 0.258 e. The molecule has 21 heavy (non-hydrogen) atoms. The predicted octanol–water partition coefficient (Wildman–Crippen LogP) is -0.786. The van der Waals surface area contributed by atoms with Crippen molar-refractivity contribution in [2.45, 2.75) is 43.4 Å². The summed E-state index contributed by atoms with van der Waals surface area (Å²) in [6.45, 7) is 2.11. The van der Waals surface area contributed by atoms with Crippen LogP contribution in [0.1, 0.15) is 37.2 Å². The van der Waals surface area contributed by atoms with Gasteiger partial charge in [-0.3, -0.25) is 5.10 Å². The molecular weight excluding hydrogens is 296 g/mol. The van der Waals surface area contributed by atoms with Gasteiger partial charge in [-0.2, -0.15) is 15.0 Å². The number of aromatic nitrogens is 6. The second-order valence-electron chi connectivity index (χ2n) is 4.99. The first-order chi connectivity index (χ1) is 10.1. The summed E-state index contributed by atoms with van der Waals surface area (Å²) in [4.78, 5) is 0. The summed E-state index contributed by atoms with van der Waals surface area (Å²) >= 11 is 0. The molecule has 2 aromatic rings. The zero-order valence-electron chi connectivity index (χ0n) is 11.4. The highest BCUT2D eigenvalue weighted by Gasteiger charge is 2.26. The molecule has 2 aromatic heterocycles. The number of nitrogens with one attached hydrogen (secondary N) is 4. The highest BCUT2D eigenvalue weighted by Crippen LogP contribution is 2.21. The standard InChI is InChI=1S/C10H16N8O2S/c1-6(9-13-17-18-14-9)16-21(19,20)10-7(5-12-15-10)4-11-8-2-3-8/h5-6,8,11,16H,2-4H2,1H3,(H,12,15)(H,13,14,17,18). The number of H-pyrrole nitrogens is 2. The van der Waals surface area contributed by atoms with E-state index in [4.69, 9.17) is 0 Å². The van der Waals surface area contributed by atoms with Gasteiger partial charge < -0.3 is 5.32 Å². The highest BCUT2D eigenvalue weighted by atomic mass is 32.2. The Morgan fingerprint density at radius 1 is 1.48 bits per heavy atom. The van der Waals surface area contributed by atoms with Gasteiger partial charge in [0.1, 0.15) is 0 Å². The van der Waals surface area contributed by atoms with Gasteiger partial charge in [0.25, 0.3) is 10.0 Å². The minimum absolute atomic E-state index is 0.0611. The van der Waals surface area contributed by atoms with Gasteiger partial charge in [-0.15, -0.1) is 10.2 Å². The molecule has 0 bridgehead atoms. The Hall–Kier alpha value is -1.85. The van der Waals surface area contributed by atoms with E-state index in [0.717, 1.165) is 12.8 Å². The van der Waals surface area contributed by atoms with Crippen molar-refractivity contribution in [3.05, 3.63) is 17.6 Å². The van der Waals surface area contributed by atoms with Crippen molar-refractivity contribution in [2.75, 3.05) is 0 Å². The molecule has 0 aromatic carbocycles. The van der Waals surface area contributed by atoms with Crippen LogP contribution in [0.3, 0.4) is 0 Å². The van der Waals surface area contributed by atoms with E-state index in [1.165, 1.54) is 6.20 Å². The third-order valence-electron chi connectivity index (χ3n) is 3.19. The molecule has 0 saturated heterocycles. The number of aromatic amines is 2. The van der Waals surface area contributed by atoms with Crippen molar-refractivity contribution >= 4 is 10.0 Å². The monoisotopic (exact) mass is 312 g/mol. The van der Waals surface area contributed by atoms with Crippen molar-refractivity contribution in [3.63, 3.8) is 0 Å². The van der Waals surface area contributed by atoms with Crippen LogP contribution < -0.4 is 10.0 Å². The van der Waals surface area contributed by atoms with Crippen molar-refractivity contribution in [2.24, 2.45) is 0 Å². The van der Waals surface area contributed by atoms with E-state index in [0.29, 0.717) is 18.2 Å². The van der Waals surface area contributed by atoms with Gasteiger partial charge in [0.05, 0.1) is 12.2 Å². The smallest absolute Gasteiger partial charge is 0.258 e. The van der Waals surface area contributed by atoms with Crippen LogP contribution in [0.5, 0.6) is 0 Å². The largest absolute Gasteiger partial charge is 0.310 e. The van der Waals surface area contributed by atoms with E-state index in [1.807, 2.05) is 0 Å². The molecule has 10 nitrogen and oxygen atoms in total. The molecule has 0 spiro atoms. The van der Waals surface area contributed by atoms with E-state index in [-0.39, 0.29) is 10.9 Å². The van der Waals surface area contributed by atoms with Crippen LogP contribution in [0.2, 0.25) is 0 Å². The van der Waals surface area contributed by atoms with Gasteiger partial charge in [-0.25, -0.2) is 8.42 Å². The number of rotatable bonds is 7. The molecule has 0 amide bonds. The Morgan fingerprint density at radius 3 is 2.95 bits per heavy atom. The fourth-order valence-corrected chi connectivity index (χ4v) is 3.23. The molecule has 1 aliphatic carbocycles. The minimum atomic E-state index is -3.73. The predicted molar refractivity (Wildman–Crippen MR) is 71.4 cm³/mol. The van der Waals surface area contributed by atoms with E-state index < -0.39 is 16.1 Å². The van der Waals surface area contributed by atoms with E-state index in [2.05, 4.69) is 40.9 Å². The maximum absolute atomic E-state index is 12.4. The van der Waals surface area contributed by atoms with Crippen molar-refractivity contribution < 1.29 is 8.42 Å². The normalized spacial score (nSPS) is 17.0. The topological polar surface area (TPSA) is 141 Å². The third kappa shape index (κ3) is 3.25. The number of tetrazole rings is 1. The summed E-state index contributed by atoms with van der Waals surface area (Å²) in [5.41, 5.74) is 0.606.